The number of methoxy groups -OCH3 is 1. The molecule has 1 atom stereocenters. The zero-order chi connectivity index (χ0) is 20.6. The van der Waals surface area contributed by atoms with Crippen molar-refractivity contribution >= 4 is 17.5 Å². The van der Waals surface area contributed by atoms with Gasteiger partial charge in [0.25, 0.3) is 11.8 Å². The number of carbonyl (C=O) groups is 2. The van der Waals surface area contributed by atoms with Gasteiger partial charge in [0.05, 0.1) is 31.2 Å². The summed E-state index contributed by atoms with van der Waals surface area (Å²) in [5.74, 6) is 1.09. The number of anilines is 1. The third-order valence-electron chi connectivity index (χ3n) is 4.16. The Bertz CT molecular complexity index is 969. The van der Waals surface area contributed by atoms with Crippen molar-refractivity contribution in [3.8, 4) is 11.5 Å². The summed E-state index contributed by atoms with van der Waals surface area (Å²) in [4.78, 5) is 25.1. The Kier molecular flexibility index (Phi) is 6.52. The Balaban J connectivity index is 1.64. The van der Waals surface area contributed by atoms with Crippen LogP contribution in [0.1, 0.15) is 23.0 Å². The van der Waals surface area contributed by atoms with Crippen LogP contribution in [-0.2, 0) is 11.3 Å². The summed E-state index contributed by atoms with van der Waals surface area (Å²) in [6.45, 7) is 1.89. The smallest absolute Gasteiger partial charge is 0.265 e. The lowest BCUT2D eigenvalue weighted by atomic mass is 10.1. The summed E-state index contributed by atoms with van der Waals surface area (Å²) in [6.07, 6.45) is 0.765. The van der Waals surface area contributed by atoms with Gasteiger partial charge >= 0.3 is 0 Å². The molecule has 0 radical (unpaired) electrons. The zero-order valence-corrected chi connectivity index (χ0v) is 16.2. The van der Waals surface area contributed by atoms with E-state index in [2.05, 4.69) is 10.6 Å². The predicted octanol–water partition coefficient (Wildman–Crippen LogP) is 3.62. The van der Waals surface area contributed by atoms with Crippen LogP contribution >= 0.6 is 0 Å². The molecule has 2 amide bonds. The van der Waals surface area contributed by atoms with Crippen LogP contribution in [0.3, 0.4) is 0 Å². The van der Waals surface area contributed by atoms with E-state index in [0.717, 1.165) is 0 Å². The number of para-hydroxylation sites is 1. The molecule has 0 aliphatic heterocycles. The predicted molar refractivity (Wildman–Crippen MR) is 108 cm³/mol. The molecule has 0 unspecified atom stereocenters. The Labute approximate surface area is 168 Å². The SMILES string of the molecule is COc1cccc(O[C@H](C)C(=O)Nc2ccccc2C(=O)NCc2ccco2)c1. The van der Waals surface area contributed by atoms with Gasteiger partial charge in [0, 0.05) is 6.07 Å². The van der Waals surface area contributed by atoms with Crippen LogP contribution in [0, 0.1) is 0 Å². The number of hydrogen-bond donors (Lipinski definition) is 2. The Morgan fingerprint density at radius 2 is 1.83 bits per heavy atom. The average Bonchev–Trinajstić information content (AvgIpc) is 3.26. The number of benzene rings is 2. The van der Waals surface area contributed by atoms with Crippen molar-refractivity contribution < 1.29 is 23.5 Å². The molecular weight excluding hydrogens is 372 g/mol. The molecule has 29 heavy (non-hydrogen) atoms. The lowest BCUT2D eigenvalue weighted by molar-refractivity contribution is -0.122. The van der Waals surface area contributed by atoms with Crippen molar-refractivity contribution in [3.63, 3.8) is 0 Å². The van der Waals surface area contributed by atoms with E-state index in [0.29, 0.717) is 28.5 Å². The lowest BCUT2D eigenvalue weighted by Gasteiger charge is -2.16. The first kappa shape index (κ1) is 20.0. The highest BCUT2D eigenvalue weighted by Gasteiger charge is 2.18. The maximum atomic E-state index is 12.6. The number of furan rings is 1. The number of rotatable bonds is 8. The van der Waals surface area contributed by atoms with E-state index < -0.39 is 6.10 Å². The van der Waals surface area contributed by atoms with Gasteiger partial charge in [0.1, 0.15) is 17.3 Å². The van der Waals surface area contributed by atoms with Gasteiger partial charge in [-0.25, -0.2) is 0 Å². The molecule has 150 valence electrons. The Morgan fingerprint density at radius 3 is 2.59 bits per heavy atom. The van der Waals surface area contributed by atoms with Gasteiger partial charge in [-0.15, -0.1) is 0 Å². The van der Waals surface area contributed by atoms with Crippen LogP contribution in [0.5, 0.6) is 11.5 Å². The normalized spacial score (nSPS) is 11.4. The number of ether oxygens (including phenoxy) is 2. The van der Waals surface area contributed by atoms with Crippen molar-refractivity contribution in [1.29, 1.82) is 0 Å². The molecule has 7 nitrogen and oxygen atoms in total. The van der Waals surface area contributed by atoms with E-state index in [4.69, 9.17) is 13.9 Å². The van der Waals surface area contributed by atoms with Crippen LogP contribution in [0.25, 0.3) is 0 Å². The summed E-state index contributed by atoms with van der Waals surface area (Å²) in [6, 6.07) is 17.3. The fourth-order valence-electron chi connectivity index (χ4n) is 2.63. The monoisotopic (exact) mass is 394 g/mol. The standard InChI is InChI=1S/C22H22N2O5/c1-15(29-17-8-5-7-16(13-17)27-2)21(25)24-20-11-4-3-10-19(20)22(26)23-14-18-9-6-12-28-18/h3-13,15H,14H2,1-2H3,(H,23,26)(H,24,25)/t15-/m1/s1. The molecule has 0 fully saturated rings. The summed E-state index contributed by atoms with van der Waals surface area (Å²) < 4.78 is 16.0. The minimum absolute atomic E-state index is 0.253. The van der Waals surface area contributed by atoms with Crippen LogP contribution in [0.4, 0.5) is 5.69 Å². The molecule has 0 aliphatic carbocycles. The minimum atomic E-state index is -0.777. The molecule has 0 bridgehead atoms. The lowest BCUT2D eigenvalue weighted by Crippen LogP contribution is -2.31. The van der Waals surface area contributed by atoms with Crippen LogP contribution in [0.2, 0.25) is 0 Å². The topological polar surface area (TPSA) is 89.8 Å². The van der Waals surface area contributed by atoms with E-state index in [-0.39, 0.29) is 18.4 Å². The number of carbonyl (C=O) groups excluding carboxylic acids is 2. The van der Waals surface area contributed by atoms with Gasteiger partial charge in [-0.1, -0.05) is 18.2 Å². The highest BCUT2D eigenvalue weighted by Crippen LogP contribution is 2.21. The summed E-state index contributed by atoms with van der Waals surface area (Å²) >= 11 is 0. The van der Waals surface area contributed by atoms with Crippen molar-refractivity contribution in [1.82, 2.24) is 5.32 Å². The first-order chi connectivity index (χ1) is 14.1. The number of amides is 2. The fourth-order valence-corrected chi connectivity index (χ4v) is 2.63. The van der Waals surface area contributed by atoms with Gasteiger partial charge in [-0.2, -0.15) is 0 Å². The van der Waals surface area contributed by atoms with Gasteiger partial charge in [-0.3, -0.25) is 9.59 Å². The van der Waals surface area contributed by atoms with E-state index in [1.165, 1.54) is 0 Å². The molecule has 2 N–H and O–H groups in total. The van der Waals surface area contributed by atoms with Crippen LogP contribution < -0.4 is 20.1 Å². The highest BCUT2D eigenvalue weighted by molar-refractivity contribution is 6.04. The van der Waals surface area contributed by atoms with Crippen molar-refractivity contribution in [2.24, 2.45) is 0 Å². The van der Waals surface area contributed by atoms with E-state index in [1.54, 1.807) is 81.0 Å². The molecule has 7 heteroatoms. The maximum absolute atomic E-state index is 12.6. The van der Waals surface area contributed by atoms with Crippen molar-refractivity contribution in [2.75, 3.05) is 12.4 Å². The van der Waals surface area contributed by atoms with Crippen LogP contribution in [0.15, 0.2) is 71.3 Å². The van der Waals surface area contributed by atoms with E-state index in [9.17, 15) is 9.59 Å². The molecule has 2 aromatic carbocycles. The molecule has 0 aliphatic rings. The van der Waals surface area contributed by atoms with Crippen molar-refractivity contribution in [2.45, 2.75) is 19.6 Å². The van der Waals surface area contributed by atoms with Crippen molar-refractivity contribution in [3.05, 3.63) is 78.3 Å². The number of nitrogens with one attached hydrogen (secondary N) is 2. The van der Waals surface area contributed by atoms with Gasteiger partial charge < -0.3 is 24.5 Å². The van der Waals surface area contributed by atoms with Gasteiger partial charge in [0.15, 0.2) is 6.10 Å². The average molecular weight is 394 g/mol. The maximum Gasteiger partial charge on any atom is 0.265 e. The first-order valence-corrected chi connectivity index (χ1v) is 9.08. The third kappa shape index (κ3) is 5.38. The second-order valence-electron chi connectivity index (χ2n) is 6.24. The molecule has 1 aromatic heterocycles. The second-order valence-corrected chi connectivity index (χ2v) is 6.24. The highest BCUT2D eigenvalue weighted by atomic mass is 16.5. The summed E-state index contributed by atoms with van der Waals surface area (Å²) in [5, 5.41) is 5.52. The molecule has 3 aromatic rings. The fraction of sp³-hybridized carbons (Fsp3) is 0.182. The quantitative estimate of drug-likeness (QED) is 0.609. The Morgan fingerprint density at radius 1 is 1.03 bits per heavy atom. The van der Waals surface area contributed by atoms with E-state index in [1.807, 2.05) is 0 Å². The molecular formula is C22H22N2O5. The molecule has 0 spiro atoms. The molecule has 3 rings (SSSR count). The Hall–Kier alpha value is -3.74. The minimum Gasteiger partial charge on any atom is -0.497 e. The van der Waals surface area contributed by atoms with Gasteiger partial charge in [0.2, 0.25) is 0 Å². The third-order valence-corrected chi connectivity index (χ3v) is 4.16. The number of hydrogen-bond acceptors (Lipinski definition) is 5. The molecule has 0 saturated carbocycles. The molecule has 0 saturated heterocycles. The molecule has 1 heterocycles. The first-order valence-electron chi connectivity index (χ1n) is 9.08. The van der Waals surface area contributed by atoms with E-state index >= 15 is 0 Å². The van der Waals surface area contributed by atoms with Gasteiger partial charge in [-0.05, 0) is 43.3 Å². The van der Waals surface area contributed by atoms with Crippen LogP contribution in [-0.4, -0.2) is 25.0 Å². The summed E-state index contributed by atoms with van der Waals surface area (Å²) in [5.41, 5.74) is 0.747. The summed E-state index contributed by atoms with van der Waals surface area (Å²) in [7, 11) is 1.56. The second kappa shape index (κ2) is 9.45. The largest absolute Gasteiger partial charge is 0.497 e. The zero-order valence-electron chi connectivity index (χ0n) is 16.2.